The van der Waals surface area contributed by atoms with E-state index in [1.807, 2.05) is 18.2 Å². The molecule has 80 valence electrons. The van der Waals surface area contributed by atoms with E-state index in [1.54, 1.807) is 7.11 Å². The van der Waals surface area contributed by atoms with Gasteiger partial charge in [0.05, 0.1) is 7.11 Å². The highest BCUT2D eigenvalue weighted by atomic mass is 16.5. The van der Waals surface area contributed by atoms with Crippen molar-refractivity contribution in [2.45, 2.75) is 25.1 Å². The van der Waals surface area contributed by atoms with Gasteiger partial charge in [-0.1, -0.05) is 6.07 Å². The van der Waals surface area contributed by atoms with E-state index in [0.717, 1.165) is 25.0 Å². The fourth-order valence-corrected chi connectivity index (χ4v) is 2.14. The van der Waals surface area contributed by atoms with Gasteiger partial charge in [0.2, 0.25) is 0 Å². The Labute approximate surface area is 89.8 Å². The average molecular weight is 206 g/mol. The van der Waals surface area contributed by atoms with E-state index < -0.39 is 7.12 Å². The van der Waals surface area contributed by atoms with Crippen LogP contribution in [0.1, 0.15) is 17.5 Å². The molecule has 1 aromatic carbocycles. The minimum Gasteiger partial charge on any atom is -0.497 e. The molecule has 4 heteroatoms. The number of hydrogen-bond acceptors (Lipinski definition) is 3. The predicted octanol–water partition coefficient (Wildman–Crippen LogP) is 1.03. The third kappa shape index (κ3) is 2.16. The van der Waals surface area contributed by atoms with Crippen molar-refractivity contribution < 1.29 is 14.8 Å². The zero-order valence-electron chi connectivity index (χ0n) is 8.81. The standard InChI is InChI=1S/C11H15BO3/c1-15-11-5-3-8-6-10(12(13)14)4-2-9(8)7-11/h3,5,7,10,13-14H,2,4,6H2,1H3. The summed E-state index contributed by atoms with van der Waals surface area (Å²) in [6.45, 7) is 0. The van der Waals surface area contributed by atoms with Crippen LogP contribution >= 0.6 is 0 Å². The summed E-state index contributed by atoms with van der Waals surface area (Å²) in [5, 5.41) is 18.3. The van der Waals surface area contributed by atoms with Gasteiger partial charge in [0.15, 0.2) is 0 Å². The second-order valence-corrected chi connectivity index (χ2v) is 4.05. The molecule has 0 amide bonds. The Kier molecular flexibility index (Phi) is 2.98. The Morgan fingerprint density at radius 2 is 2.13 bits per heavy atom. The van der Waals surface area contributed by atoms with Crippen LogP contribution in [0.25, 0.3) is 0 Å². The zero-order chi connectivity index (χ0) is 10.8. The summed E-state index contributed by atoms with van der Waals surface area (Å²) >= 11 is 0. The molecule has 0 saturated carbocycles. The first-order valence-corrected chi connectivity index (χ1v) is 5.22. The van der Waals surface area contributed by atoms with Gasteiger partial charge in [0.25, 0.3) is 0 Å². The van der Waals surface area contributed by atoms with Gasteiger partial charge >= 0.3 is 7.12 Å². The maximum atomic E-state index is 9.13. The second-order valence-electron chi connectivity index (χ2n) is 4.05. The molecule has 1 atom stereocenters. The zero-order valence-corrected chi connectivity index (χ0v) is 8.81. The van der Waals surface area contributed by atoms with Gasteiger partial charge in [0.1, 0.15) is 5.75 Å². The lowest BCUT2D eigenvalue weighted by atomic mass is 9.64. The van der Waals surface area contributed by atoms with Crippen LogP contribution in [0.3, 0.4) is 0 Å². The van der Waals surface area contributed by atoms with Crippen LogP contribution in [0.15, 0.2) is 18.2 Å². The van der Waals surface area contributed by atoms with Crippen LogP contribution < -0.4 is 4.74 Å². The van der Waals surface area contributed by atoms with Gasteiger partial charge in [-0.05, 0) is 48.3 Å². The smallest absolute Gasteiger partial charge is 0.455 e. The van der Waals surface area contributed by atoms with Gasteiger partial charge in [-0.2, -0.15) is 0 Å². The van der Waals surface area contributed by atoms with Gasteiger partial charge in [-0.3, -0.25) is 0 Å². The summed E-state index contributed by atoms with van der Waals surface area (Å²) in [6.07, 6.45) is 2.48. The summed E-state index contributed by atoms with van der Waals surface area (Å²) < 4.78 is 5.16. The van der Waals surface area contributed by atoms with E-state index in [2.05, 4.69) is 0 Å². The van der Waals surface area contributed by atoms with Crippen LogP contribution in [0, 0.1) is 0 Å². The minimum atomic E-state index is -1.19. The summed E-state index contributed by atoms with van der Waals surface area (Å²) in [5.41, 5.74) is 2.48. The summed E-state index contributed by atoms with van der Waals surface area (Å²) in [7, 11) is 0.463. The van der Waals surface area contributed by atoms with Gasteiger partial charge in [0, 0.05) is 0 Å². The molecular weight excluding hydrogens is 191 g/mol. The van der Waals surface area contributed by atoms with Crippen LogP contribution in [-0.2, 0) is 12.8 Å². The maximum absolute atomic E-state index is 9.13. The predicted molar refractivity (Wildman–Crippen MR) is 59.0 cm³/mol. The van der Waals surface area contributed by atoms with E-state index >= 15 is 0 Å². The average Bonchev–Trinajstić information content (AvgIpc) is 2.27. The molecule has 1 aliphatic rings. The first kappa shape index (κ1) is 10.5. The van der Waals surface area contributed by atoms with Crippen molar-refractivity contribution in [1.29, 1.82) is 0 Å². The van der Waals surface area contributed by atoms with Crippen molar-refractivity contribution in [1.82, 2.24) is 0 Å². The lowest BCUT2D eigenvalue weighted by Crippen LogP contribution is -2.25. The van der Waals surface area contributed by atoms with Gasteiger partial charge < -0.3 is 14.8 Å². The molecule has 0 saturated heterocycles. The molecule has 0 heterocycles. The quantitative estimate of drug-likeness (QED) is 0.710. The maximum Gasteiger partial charge on any atom is 0.455 e. The summed E-state index contributed by atoms with van der Waals surface area (Å²) in [4.78, 5) is 0. The normalized spacial score (nSPS) is 19.5. The summed E-state index contributed by atoms with van der Waals surface area (Å²) in [5.74, 6) is 0.850. The molecule has 1 aromatic rings. The van der Waals surface area contributed by atoms with E-state index in [-0.39, 0.29) is 5.82 Å². The second kappa shape index (κ2) is 4.25. The molecule has 0 spiro atoms. The van der Waals surface area contributed by atoms with E-state index in [4.69, 9.17) is 14.8 Å². The third-order valence-electron chi connectivity index (χ3n) is 3.10. The number of rotatable bonds is 2. The Morgan fingerprint density at radius 3 is 2.80 bits per heavy atom. The Balaban J connectivity index is 2.21. The molecule has 2 rings (SSSR count). The van der Waals surface area contributed by atoms with Gasteiger partial charge in [-0.25, -0.2) is 0 Å². The highest BCUT2D eigenvalue weighted by Crippen LogP contribution is 2.32. The molecule has 1 unspecified atom stereocenters. The van der Waals surface area contributed by atoms with Crippen molar-refractivity contribution in [2.24, 2.45) is 0 Å². The number of methoxy groups -OCH3 is 1. The van der Waals surface area contributed by atoms with Crippen LogP contribution in [0.4, 0.5) is 0 Å². The Morgan fingerprint density at radius 1 is 1.33 bits per heavy atom. The van der Waals surface area contributed by atoms with Crippen molar-refractivity contribution in [2.75, 3.05) is 7.11 Å². The van der Waals surface area contributed by atoms with Crippen LogP contribution in [0.5, 0.6) is 5.75 Å². The first-order chi connectivity index (χ1) is 7.20. The van der Waals surface area contributed by atoms with Gasteiger partial charge in [-0.15, -0.1) is 0 Å². The number of ether oxygens (including phenoxy) is 1. The number of fused-ring (bicyclic) bond motifs is 1. The molecule has 0 aliphatic heterocycles. The summed E-state index contributed by atoms with van der Waals surface area (Å²) in [6, 6.07) is 5.98. The molecule has 0 radical (unpaired) electrons. The minimum absolute atomic E-state index is 0.0223. The van der Waals surface area contributed by atoms with Crippen molar-refractivity contribution in [3.05, 3.63) is 29.3 Å². The Bertz CT molecular complexity index is 352. The Hall–Kier alpha value is -0.995. The van der Waals surface area contributed by atoms with Crippen molar-refractivity contribution >= 4 is 7.12 Å². The fourth-order valence-electron chi connectivity index (χ4n) is 2.14. The highest BCUT2D eigenvalue weighted by Gasteiger charge is 2.27. The van der Waals surface area contributed by atoms with Crippen molar-refractivity contribution in [3.63, 3.8) is 0 Å². The van der Waals surface area contributed by atoms with E-state index in [0.29, 0.717) is 0 Å². The molecule has 0 bridgehead atoms. The lowest BCUT2D eigenvalue weighted by molar-refractivity contribution is 0.373. The molecule has 15 heavy (non-hydrogen) atoms. The monoisotopic (exact) mass is 206 g/mol. The molecule has 3 nitrogen and oxygen atoms in total. The van der Waals surface area contributed by atoms with Crippen LogP contribution in [0.2, 0.25) is 5.82 Å². The van der Waals surface area contributed by atoms with Crippen molar-refractivity contribution in [3.8, 4) is 5.75 Å². The largest absolute Gasteiger partial charge is 0.497 e. The molecule has 0 fully saturated rings. The SMILES string of the molecule is COc1ccc2c(c1)CCC(B(O)O)C2. The highest BCUT2D eigenvalue weighted by molar-refractivity contribution is 6.43. The van der Waals surface area contributed by atoms with E-state index in [9.17, 15) is 0 Å². The van der Waals surface area contributed by atoms with Crippen LogP contribution in [-0.4, -0.2) is 24.3 Å². The topological polar surface area (TPSA) is 49.7 Å². The lowest BCUT2D eigenvalue weighted by Gasteiger charge is -2.24. The number of hydrogen-bond donors (Lipinski definition) is 2. The molecule has 0 aromatic heterocycles. The number of aryl methyl sites for hydroxylation is 1. The number of benzene rings is 1. The third-order valence-corrected chi connectivity index (χ3v) is 3.10. The fraction of sp³-hybridized carbons (Fsp3) is 0.455. The first-order valence-electron chi connectivity index (χ1n) is 5.22. The van der Waals surface area contributed by atoms with E-state index in [1.165, 1.54) is 11.1 Å². The molecule has 1 aliphatic carbocycles. The molecular formula is C11H15BO3. The molecule has 2 N–H and O–H groups in total.